The van der Waals surface area contributed by atoms with Gasteiger partial charge in [0.1, 0.15) is 6.10 Å². The van der Waals surface area contributed by atoms with Crippen LogP contribution in [0.15, 0.2) is 35.5 Å². The van der Waals surface area contributed by atoms with E-state index in [1.54, 1.807) is 6.20 Å². The van der Waals surface area contributed by atoms with E-state index in [9.17, 15) is 0 Å². The molecule has 2 heterocycles. The van der Waals surface area contributed by atoms with E-state index in [1.807, 2.05) is 19.1 Å². The van der Waals surface area contributed by atoms with Crippen LogP contribution in [-0.4, -0.2) is 36.8 Å². The summed E-state index contributed by atoms with van der Waals surface area (Å²) in [4.78, 5) is 8.48. The average molecular weight is 418 g/mol. The Labute approximate surface area is 148 Å². The lowest BCUT2D eigenvalue weighted by Gasteiger charge is -2.11. The van der Waals surface area contributed by atoms with Crippen molar-refractivity contribution in [3.63, 3.8) is 0 Å². The molecule has 1 aliphatic heterocycles. The van der Waals surface area contributed by atoms with Crippen LogP contribution < -0.4 is 15.8 Å². The average Bonchev–Trinajstić information content (AvgIpc) is 2.96. The van der Waals surface area contributed by atoms with Gasteiger partial charge in [-0.3, -0.25) is 0 Å². The van der Waals surface area contributed by atoms with E-state index in [4.69, 9.17) is 15.2 Å². The van der Waals surface area contributed by atoms with Crippen LogP contribution in [-0.2, 0) is 11.3 Å². The second-order valence-corrected chi connectivity index (χ2v) is 5.12. The highest BCUT2D eigenvalue weighted by Gasteiger charge is 2.17. The molecule has 6 nitrogen and oxygen atoms in total. The summed E-state index contributed by atoms with van der Waals surface area (Å²) in [6, 6.07) is 3.78. The number of aromatic nitrogens is 1. The summed E-state index contributed by atoms with van der Waals surface area (Å²) in [7, 11) is 0. The van der Waals surface area contributed by atoms with Crippen molar-refractivity contribution in [1.82, 2.24) is 10.3 Å². The third kappa shape index (κ3) is 6.61. The number of nitrogens with one attached hydrogen (secondary N) is 1. The maximum Gasteiger partial charge on any atom is 0.213 e. The molecule has 0 amide bonds. The first-order valence-electron chi connectivity index (χ1n) is 7.01. The zero-order chi connectivity index (χ0) is 15.1. The molecule has 2 rings (SSSR count). The normalized spacial score (nSPS) is 17.7. The summed E-state index contributed by atoms with van der Waals surface area (Å²) in [5, 5.41) is 2.99. The van der Waals surface area contributed by atoms with Gasteiger partial charge in [-0.2, -0.15) is 0 Å². The maximum atomic E-state index is 5.77. The van der Waals surface area contributed by atoms with Crippen molar-refractivity contribution in [3.8, 4) is 5.88 Å². The largest absolute Gasteiger partial charge is 0.472 e. The van der Waals surface area contributed by atoms with E-state index in [-0.39, 0.29) is 30.1 Å². The molecule has 0 bridgehead atoms. The van der Waals surface area contributed by atoms with E-state index in [1.165, 1.54) is 0 Å². The van der Waals surface area contributed by atoms with Crippen LogP contribution in [0.25, 0.3) is 0 Å². The van der Waals surface area contributed by atoms with Gasteiger partial charge in [-0.05, 0) is 18.6 Å². The molecule has 0 radical (unpaired) electrons. The van der Waals surface area contributed by atoms with Gasteiger partial charge in [0.05, 0.1) is 19.8 Å². The number of hydrogen-bond donors (Lipinski definition) is 2. The molecule has 1 unspecified atom stereocenters. The fourth-order valence-electron chi connectivity index (χ4n) is 1.86. The van der Waals surface area contributed by atoms with Crippen molar-refractivity contribution >= 4 is 29.9 Å². The van der Waals surface area contributed by atoms with Gasteiger partial charge in [0.15, 0.2) is 5.96 Å². The summed E-state index contributed by atoms with van der Waals surface area (Å²) in [6.07, 6.45) is 2.72. The van der Waals surface area contributed by atoms with Gasteiger partial charge in [0, 0.05) is 25.2 Å². The lowest BCUT2D eigenvalue weighted by molar-refractivity contribution is 0.138. The van der Waals surface area contributed by atoms with Crippen LogP contribution in [0.1, 0.15) is 18.9 Å². The summed E-state index contributed by atoms with van der Waals surface area (Å²) in [6.45, 7) is 8.21. The molecule has 122 valence electrons. The molecule has 0 aromatic carbocycles. The van der Waals surface area contributed by atoms with Crippen molar-refractivity contribution in [2.75, 3.05) is 19.8 Å². The highest BCUT2D eigenvalue weighted by atomic mass is 127. The van der Waals surface area contributed by atoms with Crippen LogP contribution in [0.4, 0.5) is 0 Å². The zero-order valence-electron chi connectivity index (χ0n) is 12.7. The molecule has 7 heteroatoms. The van der Waals surface area contributed by atoms with E-state index in [0.717, 1.165) is 24.2 Å². The molecular formula is C15H23IN4O2. The number of pyridine rings is 1. The minimum absolute atomic E-state index is 0. The van der Waals surface area contributed by atoms with E-state index < -0.39 is 0 Å². The number of rotatable bonds is 6. The second-order valence-electron chi connectivity index (χ2n) is 5.12. The first-order valence-corrected chi connectivity index (χ1v) is 7.01. The molecule has 1 aromatic heterocycles. The standard InChI is InChI=1S/C15H22N4O2.HI/c1-11(2)8-18-15(16)19-9-12-3-5-17-14(7-12)21-13-4-6-20-10-13;/h3,5,7,13H,1,4,6,8-10H2,2H3,(H3,16,18,19);1H. The Balaban J connectivity index is 0.00000242. The molecule has 0 spiro atoms. The molecule has 1 atom stereocenters. The Morgan fingerprint density at radius 3 is 3.14 bits per heavy atom. The van der Waals surface area contributed by atoms with E-state index >= 15 is 0 Å². The number of guanidine groups is 1. The molecular weight excluding hydrogens is 395 g/mol. The Morgan fingerprint density at radius 2 is 2.45 bits per heavy atom. The van der Waals surface area contributed by atoms with Crippen molar-refractivity contribution in [1.29, 1.82) is 0 Å². The first-order chi connectivity index (χ1) is 10.1. The number of ether oxygens (including phenoxy) is 2. The maximum absolute atomic E-state index is 5.77. The predicted octanol–water partition coefficient (Wildman–Crippen LogP) is 1.85. The Hall–Kier alpha value is -1.35. The Morgan fingerprint density at radius 1 is 1.64 bits per heavy atom. The second kappa shape index (κ2) is 9.62. The monoisotopic (exact) mass is 418 g/mol. The minimum atomic E-state index is 0. The van der Waals surface area contributed by atoms with Gasteiger partial charge >= 0.3 is 0 Å². The third-order valence-corrected chi connectivity index (χ3v) is 2.98. The third-order valence-electron chi connectivity index (χ3n) is 2.98. The predicted molar refractivity (Wildman–Crippen MR) is 97.6 cm³/mol. The fourth-order valence-corrected chi connectivity index (χ4v) is 1.86. The number of nitrogens with two attached hydrogens (primary N) is 1. The van der Waals surface area contributed by atoms with Gasteiger partial charge in [-0.25, -0.2) is 9.98 Å². The lowest BCUT2D eigenvalue weighted by Crippen LogP contribution is -2.32. The molecule has 1 saturated heterocycles. The lowest BCUT2D eigenvalue weighted by atomic mass is 10.2. The quantitative estimate of drug-likeness (QED) is 0.319. The molecule has 0 saturated carbocycles. The van der Waals surface area contributed by atoms with Crippen molar-refractivity contribution < 1.29 is 9.47 Å². The van der Waals surface area contributed by atoms with Gasteiger partial charge < -0.3 is 20.5 Å². The highest BCUT2D eigenvalue weighted by Crippen LogP contribution is 2.16. The van der Waals surface area contributed by atoms with Crippen LogP contribution in [0.5, 0.6) is 5.88 Å². The topological polar surface area (TPSA) is 81.8 Å². The SMILES string of the molecule is C=C(C)CNC(N)=NCc1ccnc(OC2CCOC2)c1.I. The number of hydrogen-bond acceptors (Lipinski definition) is 4. The molecule has 0 aliphatic carbocycles. The van der Waals surface area contributed by atoms with Crippen molar-refractivity contribution in [2.24, 2.45) is 10.7 Å². The van der Waals surface area contributed by atoms with Crippen LogP contribution >= 0.6 is 24.0 Å². The van der Waals surface area contributed by atoms with Gasteiger partial charge in [0.25, 0.3) is 0 Å². The Bertz CT molecular complexity index is 516. The summed E-state index contributed by atoms with van der Waals surface area (Å²) in [5.74, 6) is 1.01. The van der Waals surface area contributed by atoms with Crippen LogP contribution in [0, 0.1) is 0 Å². The van der Waals surface area contributed by atoms with Crippen molar-refractivity contribution in [2.45, 2.75) is 26.0 Å². The molecule has 1 aliphatic rings. The first kappa shape index (κ1) is 18.7. The van der Waals surface area contributed by atoms with Crippen molar-refractivity contribution in [3.05, 3.63) is 36.0 Å². The molecule has 22 heavy (non-hydrogen) atoms. The van der Waals surface area contributed by atoms with Crippen LogP contribution in [0.2, 0.25) is 0 Å². The van der Waals surface area contributed by atoms with E-state index in [0.29, 0.717) is 31.5 Å². The number of aliphatic imine (C=N–C) groups is 1. The zero-order valence-corrected chi connectivity index (χ0v) is 15.1. The Kier molecular flexibility index (Phi) is 8.18. The highest BCUT2D eigenvalue weighted by molar-refractivity contribution is 14.0. The number of halogens is 1. The summed E-state index contributed by atoms with van der Waals surface area (Å²) >= 11 is 0. The van der Waals surface area contributed by atoms with Crippen LogP contribution in [0.3, 0.4) is 0 Å². The molecule has 1 aromatic rings. The summed E-state index contributed by atoms with van der Waals surface area (Å²) in [5.41, 5.74) is 7.78. The smallest absolute Gasteiger partial charge is 0.213 e. The molecule has 3 N–H and O–H groups in total. The van der Waals surface area contributed by atoms with Gasteiger partial charge in [0.2, 0.25) is 5.88 Å². The van der Waals surface area contributed by atoms with E-state index in [2.05, 4.69) is 21.9 Å². The van der Waals surface area contributed by atoms with Gasteiger partial charge in [-0.15, -0.1) is 24.0 Å². The molecule has 1 fully saturated rings. The van der Waals surface area contributed by atoms with Gasteiger partial charge in [-0.1, -0.05) is 12.2 Å². The number of nitrogens with zero attached hydrogens (tertiary/aromatic N) is 2. The fraction of sp³-hybridized carbons (Fsp3) is 0.467. The summed E-state index contributed by atoms with van der Waals surface area (Å²) < 4.78 is 11.0. The minimum Gasteiger partial charge on any atom is -0.472 e.